The van der Waals surface area contributed by atoms with Gasteiger partial charge in [-0.25, -0.2) is 9.97 Å². The summed E-state index contributed by atoms with van der Waals surface area (Å²) in [6.07, 6.45) is -2.21. The summed E-state index contributed by atoms with van der Waals surface area (Å²) in [7, 11) is 0. The van der Waals surface area contributed by atoms with Crippen molar-refractivity contribution in [2.75, 3.05) is 13.1 Å². The van der Waals surface area contributed by atoms with Gasteiger partial charge < -0.3 is 9.88 Å². The molecule has 0 unspecified atom stereocenters. The van der Waals surface area contributed by atoms with Crippen LogP contribution < -0.4 is 0 Å². The molecule has 0 bridgehead atoms. The lowest BCUT2D eigenvalue weighted by molar-refractivity contribution is -0.136. The number of pyridine rings is 1. The summed E-state index contributed by atoms with van der Waals surface area (Å²) in [5, 5.41) is 11.6. The molecule has 0 radical (unpaired) electrons. The predicted molar refractivity (Wildman–Crippen MR) is 94.0 cm³/mol. The fraction of sp³-hybridized carbons (Fsp3) is 0.294. The molecule has 0 aliphatic heterocycles. The van der Waals surface area contributed by atoms with Gasteiger partial charge in [-0.2, -0.15) is 18.4 Å². The molecule has 3 heterocycles. The number of halogens is 3. The Morgan fingerprint density at radius 2 is 2.15 bits per heavy atom. The summed E-state index contributed by atoms with van der Waals surface area (Å²) in [4.78, 5) is 25.1. The van der Waals surface area contributed by atoms with Crippen molar-refractivity contribution in [3.63, 3.8) is 0 Å². The summed E-state index contributed by atoms with van der Waals surface area (Å²) in [6, 6.07) is 5.45. The number of nitrogens with zero attached hydrogens (tertiary/aromatic N) is 4. The van der Waals surface area contributed by atoms with Crippen LogP contribution in [0.25, 0.3) is 21.6 Å². The number of aromatic nitrogens is 3. The Hall–Kier alpha value is -2.93. The number of aromatic amines is 1. The van der Waals surface area contributed by atoms with Crippen molar-refractivity contribution in [1.29, 1.82) is 5.26 Å². The average Bonchev–Trinajstić information content (AvgIpc) is 3.29. The number of carbonyl (C=O) groups excluding carboxylic acids is 1. The Labute approximate surface area is 156 Å². The zero-order valence-electron chi connectivity index (χ0n) is 14.0. The number of thiazole rings is 1. The highest BCUT2D eigenvalue weighted by molar-refractivity contribution is 7.13. The summed E-state index contributed by atoms with van der Waals surface area (Å²) in [5.41, 5.74) is 1.52. The van der Waals surface area contributed by atoms with Crippen molar-refractivity contribution in [1.82, 2.24) is 19.9 Å². The molecule has 0 saturated carbocycles. The first-order chi connectivity index (χ1) is 12.9. The van der Waals surface area contributed by atoms with Gasteiger partial charge in [0.05, 0.1) is 18.9 Å². The van der Waals surface area contributed by atoms with E-state index in [0.29, 0.717) is 10.7 Å². The van der Waals surface area contributed by atoms with Gasteiger partial charge in [-0.15, -0.1) is 11.3 Å². The van der Waals surface area contributed by atoms with E-state index in [9.17, 15) is 18.0 Å². The van der Waals surface area contributed by atoms with Crippen molar-refractivity contribution in [2.45, 2.75) is 19.0 Å². The molecule has 1 amide bonds. The summed E-state index contributed by atoms with van der Waals surface area (Å²) >= 11 is 1.23. The standard InChI is InChI=1S/C17H14F3N5OS/c18-17(19,20)4-9-25(8-1-5-21)16(26)13-10-27-15(24-13)12-3-7-23-14-11(12)2-6-22-14/h2-3,6-7,10H,1,4,8-9H2,(H,22,23). The van der Waals surface area contributed by atoms with Crippen LogP contribution in [0.1, 0.15) is 23.3 Å². The molecule has 3 rings (SSSR count). The Balaban J connectivity index is 1.83. The van der Waals surface area contributed by atoms with Crippen molar-refractivity contribution in [3.05, 3.63) is 35.6 Å². The first kappa shape index (κ1) is 18.8. The number of carbonyl (C=O) groups is 1. The number of amides is 1. The molecule has 0 fully saturated rings. The van der Waals surface area contributed by atoms with E-state index in [-0.39, 0.29) is 18.7 Å². The highest BCUT2D eigenvalue weighted by atomic mass is 32.1. The molecule has 1 N–H and O–H groups in total. The van der Waals surface area contributed by atoms with Crippen LogP contribution in [0.5, 0.6) is 0 Å². The second-order valence-corrected chi connectivity index (χ2v) is 6.56. The topological polar surface area (TPSA) is 85.7 Å². The van der Waals surface area contributed by atoms with E-state index in [1.807, 2.05) is 12.1 Å². The molecule has 3 aromatic rings. The molecular formula is C17H14F3N5OS. The van der Waals surface area contributed by atoms with E-state index in [1.165, 1.54) is 16.7 Å². The van der Waals surface area contributed by atoms with Crippen LogP contribution in [0.4, 0.5) is 13.2 Å². The second kappa shape index (κ2) is 7.75. The highest BCUT2D eigenvalue weighted by Crippen LogP contribution is 2.30. The minimum atomic E-state index is -4.38. The van der Waals surface area contributed by atoms with Gasteiger partial charge in [0, 0.05) is 41.8 Å². The fourth-order valence-electron chi connectivity index (χ4n) is 2.57. The molecular weight excluding hydrogens is 379 g/mol. The molecule has 0 aliphatic rings. The van der Waals surface area contributed by atoms with E-state index < -0.39 is 25.0 Å². The molecule has 0 spiro atoms. The van der Waals surface area contributed by atoms with Crippen LogP contribution in [0.15, 0.2) is 29.9 Å². The van der Waals surface area contributed by atoms with E-state index in [0.717, 1.165) is 15.8 Å². The first-order valence-corrected chi connectivity index (χ1v) is 8.88. The van der Waals surface area contributed by atoms with Crippen LogP contribution in [0.2, 0.25) is 0 Å². The number of nitriles is 1. The third kappa shape index (κ3) is 4.43. The molecule has 3 aromatic heterocycles. The minimum absolute atomic E-state index is 0.0467. The minimum Gasteiger partial charge on any atom is -0.346 e. The first-order valence-electron chi connectivity index (χ1n) is 8.00. The maximum atomic E-state index is 12.6. The Kier molecular flexibility index (Phi) is 5.41. The zero-order valence-corrected chi connectivity index (χ0v) is 14.8. The maximum Gasteiger partial charge on any atom is 0.390 e. The monoisotopic (exact) mass is 393 g/mol. The van der Waals surface area contributed by atoms with Crippen molar-refractivity contribution >= 4 is 28.3 Å². The lowest BCUT2D eigenvalue weighted by atomic mass is 10.2. The number of hydrogen-bond donors (Lipinski definition) is 1. The number of hydrogen-bond acceptors (Lipinski definition) is 5. The molecule has 6 nitrogen and oxygen atoms in total. The lowest BCUT2D eigenvalue weighted by Crippen LogP contribution is -2.35. The highest BCUT2D eigenvalue weighted by Gasteiger charge is 2.29. The van der Waals surface area contributed by atoms with Gasteiger partial charge in [-0.1, -0.05) is 0 Å². The Bertz CT molecular complexity index is 988. The van der Waals surface area contributed by atoms with E-state index in [2.05, 4.69) is 15.0 Å². The Morgan fingerprint density at radius 3 is 2.89 bits per heavy atom. The van der Waals surface area contributed by atoms with Gasteiger partial charge in [-0.05, 0) is 12.1 Å². The third-order valence-corrected chi connectivity index (χ3v) is 4.74. The fourth-order valence-corrected chi connectivity index (χ4v) is 3.40. The van der Waals surface area contributed by atoms with Gasteiger partial charge in [0.15, 0.2) is 0 Å². The molecule has 0 aliphatic carbocycles. The lowest BCUT2D eigenvalue weighted by Gasteiger charge is -2.21. The second-order valence-electron chi connectivity index (χ2n) is 5.70. The predicted octanol–water partition coefficient (Wildman–Crippen LogP) is 3.99. The van der Waals surface area contributed by atoms with Gasteiger partial charge in [0.2, 0.25) is 0 Å². The van der Waals surface area contributed by atoms with E-state index in [1.54, 1.807) is 18.5 Å². The van der Waals surface area contributed by atoms with Crippen molar-refractivity contribution in [2.24, 2.45) is 0 Å². The van der Waals surface area contributed by atoms with E-state index >= 15 is 0 Å². The van der Waals surface area contributed by atoms with Crippen LogP contribution in [-0.4, -0.2) is 45.0 Å². The molecule has 10 heteroatoms. The number of fused-ring (bicyclic) bond motifs is 1. The number of rotatable bonds is 6. The van der Waals surface area contributed by atoms with Crippen molar-refractivity contribution < 1.29 is 18.0 Å². The van der Waals surface area contributed by atoms with Gasteiger partial charge in [0.1, 0.15) is 16.3 Å². The quantitative estimate of drug-likeness (QED) is 0.686. The number of H-pyrrole nitrogens is 1. The largest absolute Gasteiger partial charge is 0.390 e. The van der Waals surface area contributed by atoms with Crippen LogP contribution in [-0.2, 0) is 0 Å². The smallest absolute Gasteiger partial charge is 0.346 e. The van der Waals surface area contributed by atoms with Crippen LogP contribution in [0.3, 0.4) is 0 Å². The summed E-state index contributed by atoms with van der Waals surface area (Å²) in [6.45, 7) is -0.580. The average molecular weight is 393 g/mol. The van der Waals surface area contributed by atoms with Gasteiger partial charge in [0.25, 0.3) is 5.91 Å². The SMILES string of the molecule is N#CCCN(CCC(F)(F)F)C(=O)c1csc(-c2ccnc3[nH]ccc23)n1. The number of alkyl halides is 3. The van der Waals surface area contributed by atoms with Crippen LogP contribution >= 0.6 is 11.3 Å². The molecule has 27 heavy (non-hydrogen) atoms. The number of nitrogens with one attached hydrogen (secondary N) is 1. The third-order valence-electron chi connectivity index (χ3n) is 3.86. The van der Waals surface area contributed by atoms with Crippen molar-refractivity contribution in [3.8, 4) is 16.6 Å². The molecule has 140 valence electrons. The molecule has 0 atom stereocenters. The van der Waals surface area contributed by atoms with Gasteiger partial charge >= 0.3 is 6.18 Å². The molecule has 0 aromatic carbocycles. The maximum absolute atomic E-state index is 12.6. The zero-order chi connectivity index (χ0) is 19.4. The van der Waals surface area contributed by atoms with E-state index in [4.69, 9.17) is 5.26 Å². The Morgan fingerprint density at radius 1 is 1.33 bits per heavy atom. The summed E-state index contributed by atoms with van der Waals surface area (Å²) in [5.74, 6) is -0.614. The van der Waals surface area contributed by atoms with Gasteiger partial charge in [-0.3, -0.25) is 4.79 Å². The normalized spacial score (nSPS) is 11.5. The van der Waals surface area contributed by atoms with Crippen LogP contribution in [0, 0.1) is 11.3 Å². The summed E-state index contributed by atoms with van der Waals surface area (Å²) < 4.78 is 37.6. The molecule has 0 saturated heterocycles.